The topological polar surface area (TPSA) is 76.9 Å². The third-order valence-corrected chi connectivity index (χ3v) is 6.95. The number of benzene rings is 2. The summed E-state index contributed by atoms with van der Waals surface area (Å²) in [6.07, 6.45) is 0.537. The Hall–Kier alpha value is -3.84. The zero-order chi connectivity index (χ0) is 23.8. The van der Waals surface area contributed by atoms with Gasteiger partial charge in [-0.25, -0.2) is 9.97 Å². The first-order valence-corrected chi connectivity index (χ1v) is 12.0. The minimum atomic E-state index is -0.253. The first-order chi connectivity index (χ1) is 16.4. The summed E-state index contributed by atoms with van der Waals surface area (Å²) in [7, 11) is 0. The second-order valence-corrected chi connectivity index (χ2v) is 9.33. The van der Waals surface area contributed by atoms with E-state index in [0.29, 0.717) is 22.5 Å². The standard InChI is InChI=1S/C27H24N4O2S/c1-4-22-30-24-19-12-13-20(18-8-6-5-7-9-18)29-26(19)34-25(24)27(33)31(22)15-23(32)28-21-14-16(2)10-11-17(21)3/h5-14H,4,15H2,1-3H3,(H,28,32). The minimum absolute atomic E-state index is 0.0880. The first-order valence-electron chi connectivity index (χ1n) is 11.2. The molecule has 0 unspecified atom stereocenters. The molecule has 3 aromatic heterocycles. The molecule has 6 nitrogen and oxygen atoms in total. The second-order valence-electron chi connectivity index (χ2n) is 8.33. The number of thiophene rings is 1. The smallest absolute Gasteiger partial charge is 0.272 e. The molecule has 0 saturated heterocycles. The van der Waals surface area contributed by atoms with Gasteiger partial charge in [0.2, 0.25) is 5.91 Å². The quantitative estimate of drug-likeness (QED) is 0.370. The molecule has 0 fully saturated rings. The van der Waals surface area contributed by atoms with Crippen LogP contribution in [0.5, 0.6) is 0 Å². The van der Waals surface area contributed by atoms with E-state index in [9.17, 15) is 9.59 Å². The number of aryl methyl sites for hydroxylation is 3. The third kappa shape index (κ3) is 3.99. The van der Waals surface area contributed by atoms with Crippen LogP contribution in [0.1, 0.15) is 23.9 Å². The van der Waals surface area contributed by atoms with E-state index in [1.807, 2.05) is 81.4 Å². The lowest BCUT2D eigenvalue weighted by molar-refractivity contribution is -0.116. The van der Waals surface area contributed by atoms with Crippen LogP contribution in [0.4, 0.5) is 5.69 Å². The highest BCUT2D eigenvalue weighted by atomic mass is 32.1. The molecule has 0 aliphatic rings. The van der Waals surface area contributed by atoms with Crippen LogP contribution in [0.15, 0.2) is 65.5 Å². The lowest BCUT2D eigenvalue weighted by Gasteiger charge is -2.13. The molecule has 34 heavy (non-hydrogen) atoms. The van der Waals surface area contributed by atoms with Crippen molar-refractivity contribution in [1.82, 2.24) is 14.5 Å². The lowest BCUT2D eigenvalue weighted by Crippen LogP contribution is -2.30. The van der Waals surface area contributed by atoms with Gasteiger partial charge in [0, 0.05) is 23.1 Å². The van der Waals surface area contributed by atoms with Crippen LogP contribution in [0.3, 0.4) is 0 Å². The number of carbonyl (C=O) groups is 1. The number of fused-ring (bicyclic) bond motifs is 3. The number of carbonyl (C=O) groups excluding carboxylic acids is 1. The highest BCUT2D eigenvalue weighted by Crippen LogP contribution is 2.31. The Morgan fingerprint density at radius 1 is 1.03 bits per heavy atom. The summed E-state index contributed by atoms with van der Waals surface area (Å²) >= 11 is 1.33. The summed E-state index contributed by atoms with van der Waals surface area (Å²) in [5.74, 6) is 0.331. The Morgan fingerprint density at radius 2 is 1.82 bits per heavy atom. The maximum atomic E-state index is 13.5. The fourth-order valence-electron chi connectivity index (χ4n) is 4.06. The van der Waals surface area contributed by atoms with Crippen molar-refractivity contribution in [3.05, 3.63) is 88.0 Å². The summed E-state index contributed by atoms with van der Waals surface area (Å²) in [4.78, 5) is 36.7. The van der Waals surface area contributed by atoms with Gasteiger partial charge >= 0.3 is 0 Å². The van der Waals surface area contributed by atoms with E-state index >= 15 is 0 Å². The summed E-state index contributed by atoms with van der Waals surface area (Å²) in [5, 5.41) is 3.80. The van der Waals surface area contributed by atoms with Crippen LogP contribution in [-0.2, 0) is 17.8 Å². The molecule has 0 aliphatic carbocycles. The van der Waals surface area contributed by atoms with Gasteiger partial charge in [-0.3, -0.25) is 14.2 Å². The van der Waals surface area contributed by atoms with Gasteiger partial charge in [-0.05, 0) is 43.2 Å². The molecule has 5 rings (SSSR count). The van der Waals surface area contributed by atoms with Gasteiger partial charge in [-0.15, -0.1) is 11.3 Å². The van der Waals surface area contributed by atoms with Crippen molar-refractivity contribution in [3.8, 4) is 11.3 Å². The van der Waals surface area contributed by atoms with E-state index in [1.54, 1.807) is 0 Å². The fourth-order valence-corrected chi connectivity index (χ4v) is 5.12. The van der Waals surface area contributed by atoms with E-state index in [2.05, 4.69) is 5.32 Å². The van der Waals surface area contributed by atoms with Crippen molar-refractivity contribution < 1.29 is 4.79 Å². The Bertz CT molecular complexity index is 1600. The summed E-state index contributed by atoms with van der Waals surface area (Å²) in [5.41, 5.74) is 5.10. The van der Waals surface area contributed by atoms with Gasteiger partial charge in [-0.2, -0.15) is 0 Å². The van der Waals surface area contributed by atoms with Gasteiger partial charge < -0.3 is 5.32 Å². The number of nitrogens with zero attached hydrogens (tertiary/aromatic N) is 3. The molecule has 0 radical (unpaired) electrons. The van der Waals surface area contributed by atoms with E-state index in [1.165, 1.54) is 15.9 Å². The number of rotatable bonds is 5. The first kappa shape index (κ1) is 22.0. The maximum Gasteiger partial charge on any atom is 0.272 e. The van der Waals surface area contributed by atoms with Gasteiger partial charge in [0.1, 0.15) is 21.9 Å². The van der Waals surface area contributed by atoms with Crippen molar-refractivity contribution in [2.45, 2.75) is 33.7 Å². The summed E-state index contributed by atoms with van der Waals surface area (Å²) < 4.78 is 2.00. The molecule has 1 N–H and O–H groups in total. The Morgan fingerprint density at radius 3 is 2.59 bits per heavy atom. The summed E-state index contributed by atoms with van der Waals surface area (Å²) in [6.45, 7) is 5.77. The van der Waals surface area contributed by atoms with Crippen LogP contribution in [0.2, 0.25) is 0 Å². The molecule has 7 heteroatoms. The van der Waals surface area contributed by atoms with Gasteiger partial charge in [-0.1, -0.05) is 49.4 Å². The number of hydrogen-bond acceptors (Lipinski definition) is 5. The Kier molecular flexibility index (Phi) is 5.71. The highest BCUT2D eigenvalue weighted by molar-refractivity contribution is 7.25. The fraction of sp³-hybridized carbons (Fsp3) is 0.185. The van der Waals surface area contributed by atoms with Crippen LogP contribution >= 0.6 is 11.3 Å². The Labute approximate surface area is 200 Å². The molecule has 0 saturated carbocycles. The zero-order valence-electron chi connectivity index (χ0n) is 19.3. The molecule has 1 amide bonds. The molecule has 5 aromatic rings. The normalized spacial score (nSPS) is 11.3. The maximum absolute atomic E-state index is 13.5. The Balaban J connectivity index is 1.55. The zero-order valence-corrected chi connectivity index (χ0v) is 20.1. The molecular formula is C27H24N4O2S. The number of pyridine rings is 1. The van der Waals surface area contributed by atoms with Crippen molar-refractivity contribution in [3.63, 3.8) is 0 Å². The number of aromatic nitrogens is 3. The van der Waals surface area contributed by atoms with Gasteiger partial charge in [0.25, 0.3) is 5.56 Å². The largest absolute Gasteiger partial charge is 0.324 e. The molecule has 0 spiro atoms. The molecule has 2 aromatic carbocycles. The average molecular weight is 469 g/mol. The van der Waals surface area contributed by atoms with E-state index in [-0.39, 0.29) is 18.0 Å². The van der Waals surface area contributed by atoms with Crippen LogP contribution in [0, 0.1) is 13.8 Å². The van der Waals surface area contributed by atoms with Crippen molar-refractivity contribution >= 4 is 43.4 Å². The van der Waals surface area contributed by atoms with Crippen LogP contribution in [0.25, 0.3) is 31.7 Å². The number of hydrogen-bond donors (Lipinski definition) is 1. The van der Waals surface area contributed by atoms with Crippen molar-refractivity contribution in [2.24, 2.45) is 0 Å². The van der Waals surface area contributed by atoms with E-state index in [0.717, 1.165) is 38.3 Å². The van der Waals surface area contributed by atoms with E-state index < -0.39 is 0 Å². The number of anilines is 1. The molecule has 170 valence electrons. The molecule has 0 bridgehead atoms. The van der Waals surface area contributed by atoms with Crippen molar-refractivity contribution in [1.29, 1.82) is 0 Å². The minimum Gasteiger partial charge on any atom is -0.324 e. The van der Waals surface area contributed by atoms with Gasteiger partial charge in [0.05, 0.1) is 11.2 Å². The predicted octanol–water partition coefficient (Wildman–Crippen LogP) is 5.49. The molecule has 0 atom stereocenters. The summed E-state index contributed by atoms with van der Waals surface area (Å²) in [6, 6.07) is 19.8. The third-order valence-electron chi connectivity index (χ3n) is 5.88. The monoisotopic (exact) mass is 468 g/mol. The second kappa shape index (κ2) is 8.83. The van der Waals surface area contributed by atoms with Gasteiger partial charge in [0.15, 0.2) is 0 Å². The predicted molar refractivity (Wildman–Crippen MR) is 139 cm³/mol. The number of nitrogens with one attached hydrogen (secondary N) is 1. The highest BCUT2D eigenvalue weighted by Gasteiger charge is 2.18. The van der Waals surface area contributed by atoms with Crippen molar-refractivity contribution in [2.75, 3.05) is 5.32 Å². The lowest BCUT2D eigenvalue weighted by atomic mass is 10.1. The van der Waals surface area contributed by atoms with Crippen LogP contribution in [-0.4, -0.2) is 20.4 Å². The SMILES string of the molecule is CCc1nc2c(sc3nc(-c4ccccc4)ccc32)c(=O)n1CC(=O)Nc1cc(C)ccc1C. The average Bonchev–Trinajstić information content (AvgIpc) is 3.21. The molecular weight excluding hydrogens is 444 g/mol. The number of amides is 1. The molecule has 0 aliphatic heterocycles. The van der Waals surface area contributed by atoms with E-state index in [4.69, 9.17) is 9.97 Å². The van der Waals surface area contributed by atoms with Crippen LogP contribution < -0.4 is 10.9 Å². The molecule has 3 heterocycles.